The van der Waals surface area contributed by atoms with Gasteiger partial charge in [0.2, 0.25) is 5.71 Å². The SMILES string of the molecule is c1ccc(C23c4ccccc4C(c4nc(-c5cccc6c5oc5ccccc56)c5c(n4)oc4ccccc45)(c4ccccc42)c2ccccc23)cc1. The summed E-state index contributed by atoms with van der Waals surface area (Å²) >= 11 is 0. The van der Waals surface area contributed by atoms with Gasteiger partial charge in [0.25, 0.3) is 0 Å². The standard InChI is InChI=1S/C48H28N2O2/c1-2-15-29(16-3-1)47-34-21-6-9-24-37(34)48(38-25-10-7-22-35(38)47,39-26-11-8-23-36(39)47)46-49-43(42-32-18-5-13-28-41(32)52-45(42)50-46)33-20-14-19-31-30-17-4-12-27-40(30)51-44(31)33/h1-28H. The number of para-hydroxylation sites is 3. The van der Waals surface area contributed by atoms with E-state index in [4.69, 9.17) is 18.8 Å². The molecule has 4 nitrogen and oxygen atoms in total. The predicted octanol–water partition coefficient (Wildman–Crippen LogP) is 11.3. The maximum Gasteiger partial charge on any atom is 0.231 e. The van der Waals surface area contributed by atoms with E-state index < -0.39 is 10.8 Å². The lowest BCUT2D eigenvalue weighted by atomic mass is 9.45. The number of benzene rings is 7. The van der Waals surface area contributed by atoms with Crippen molar-refractivity contribution in [3.8, 4) is 11.3 Å². The van der Waals surface area contributed by atoms with Gasteiger partial charge in [-0.2, -0.15) is 4.98 Å². The molecule has 3 aliphatic carbocycles. The molecule has 0 unspecified atom stereocenters. The van der Waals surface area contributed by atoms with Gasteiger partial charge in [-0.15, -0.1) is 0 Å². The number of furan rings is 2. The van der Waals surface area contributed by atoms with Crippen molar-refractivity contribution in [2.45, 2.75) is 10.8 Å². The van der Waals surface area contributed by atoms with Gasteiger partial charge in [-0.3, -0.25) is 0 Å². The molecule has 3 aliphatic rings. The number of fused-ring (bicyclic) bond motifs is 6. The van der Waals surface area contributed by atoms with Crippen LogP contribution in [0.15, 0.2) is 179 Å². The van der Waals surface area contributed by atoms with Crippen LogP contribution in [0.4, 0.5) is 0 Å². The maximum absolute atomic E-state index is 6.69. The van der Waals surface area contributed by atoms with Crippen LogP contribution in [-0.2, 0) is 10.8 Å². The molecule has 10 aromatic rings. The molecular weight excluding hydrogens is 637 g/mol. The fourth-order valence-electron chi connectivity index (χ4n) is 9.72. The molecule has 3 heterocycles. The van der Waals surface area contributed by atoms with Crippen LogP contribution in [0.1, 0.15) is 44.8 Å². The van der Waals surface area contributed by atoms with Gasteiger partial charge in [0.15, 0.2) is 5.82 Å². The van der Waals surface area contributed by atoms with E-state index in [-0.39, 0.29) is 0 Å². The third-order valence-electron chi connectivity index (χ3n) is 11.6. The Balaban J connectivity index is 1.27. The molecule has 0 aliphatic heterocycles. The van der Waals surface area contributed by atoms with Gasteiger partial charge >= 0.3 is 0 Å². The zero-order valence-corrected chi connectivity index (χ0v) is 27.9. The van der Waals surface area contributed by atoms with Crippen molar-refractivity contribution in [2.24, 2.45) is 0 Å². The summed E-state index contributed by atoms with van der Waals surface area (Å²) in [6, 6.07) is 60.4. The van der Waals surface area contributed by atoms with Gasteiger partial charge < -0.3 is 8.83 Å². The van der Waals surface area contributed by atoms with Crippen LogP contribution in [0.3, 0.4) is 0 Å². The summed E-state index contributed by atoms with van der Waals surface area (Å²) in [6.07, 6.45) is 0. The molecule has 242 valence electrons. The monoisotopic (exact) mass is 664 g/mol. The zero-order chi connectivity index (χ0) is 34.0. The fraction of sp³-hybridized carbons (Fsp3) is 0.0417. The lowest BCUT2D eigenvalue weighted by Gasteiger charge is -2.56. The van der Waals surface area contributed by atoms with Crippen LogP contribution in [0.2, 0.25) is 0 Å². The normalized spacial score (nSPS) is 18.5. The summed E-state index contributed by atoms with van der Waals surface area (Å²) in [6.45, 7) is 0. The van der Waals surface area contributed by atoms with Crippen molar-refractivity contribution < 1.29 is 8.83 Å². The second-order valence-electron chi connectivity index (χ2n) is 14.0. The van der Waals surface area contributed by atoms with Gasteiger partial charge in [0.05, 0.1) is 16.5 Å². The fourth-order valence-corrected chi connectivity index (χ4v) is 9.72. The first kappa shape index (κ1) is 28.0. The van der Waals surface area contributed by atoms with Crippen molar-refractivity contribution in [2.75, 3.05) is 0 Å². The smallest absolute Gasteiger partial charge is 0.231 e. The molecule has 13 rings (SSSR count). The first-order valence-electron chi connectivity index (χ1n) is 17.8. The van der Waals surface area contributed by atoms with Gasteiger partial charge in [-0.05, 0) is 57.1 Å². The van der Waals surface area contributed by atoms with Crippen molar-refractivity contribution in [1.29, 1.82) is 0 Å². The molecule has 52 heavy (non-hydrogen) atoms. The average Bonchev–Trinajstić information content (AvgIpc) is 3.79. The van der Waals surface area contributed by atoms with Crippen LogP contribution in [0.5, 0.6) is 0 Å². The second-order valence-corrected chi connectivity index (χ2v) is 14.0. The van der Waals surface area contributed by atoms with Crippen LogP contribution in [0, 0.1) is 0 Å². The minimum absolute atomic E-state index is 0.515. The number of rotatable bonds is 3. The quantitative estimate of drug-likeness (QED) is 0.189. The Morgan fingerprint density at radius 1 is 0.385 bits per heavy atom. The molecule has 2 bridgehead atoms. The van der Waals surface area contributed by atoms with E-state index in [0.29, 0.717) is 11.5 Å². The highest BCUT2D eigenvalue weighted by molar-refractivity contribution is 6.15. The van der Waals surface area contributed by atoms with Crippen molar-refractivity contribution in [1.82, 2.24) is 9.97 Å². The summed E-state index contributed by atoms with van der Waals surface area (Å²) < 4.78 is 13.4. The number of nitrogens with zero attached hydrogens (tertiary/aromatic N) is 2. The van der Waals surface area contributed by atoms with Gasteiger partial charge in [-0.25, -0.2) is 4.98 Å². The average molecular weight is 665 g/mol. The third kappa shape index (κ3) is 3.24. The minimum Gasteiger partial charge on any atom is -0.455 e. The van der Waals surface area contributed by atoms with Gasteiger partial charge in [0.1, 0.15) is 22.2 Å². The first-order chi connectivity index (χ1) is 25.8. The summed E-state index contributed by atoms with van der Waals surface area (Å²) in [7, 11) is 0. The molecule has 0 amide bonds. The first-order valence-corrected chi connectivity index (χ1v) is 17.8. The topological polar surface area (TPSA) is 52.1 Å². The molecule has 0 atom stereocenters. The van der Waals surface area contributed by atoms with Crippen LogP contribution < -0.4 is 0 Å². The summed E-state index contributed by atoms with van der Waals surface area (Å²) in [5.74, 6) is 0.677. The molecule has 0 saturated carbocycles. The van der Waals surface area contributed by atoms with Crippen LogP contribution in [0.25, 0.3) is 55.3 Å². The number of hydrogen-bond acceptors (Lipinski definition) is 4. The Bertz CT molecular complexity index is 2980. The molecule has 0 saturated heterocycles. The predicted molar refractivity (Wildman–Crippen MR) is 206 cm³/mol. The van der Waals surface area contributed by atoms with E-state index in [2.05, 4.69) is 140 Å². The minimum atomic E-state index is -0.829. The van der Waals surface area contributed by atoms with E-state index >= 15 is 0 Å². The van der Waals surface area contributed by atoms with E-state index in [9.17, 15) is 0 Å². The molecule has 0 radical (unpaired) electrons. The van der Waals surface area contributed by atoms with E-state index in [0.717, 1.165) is 49.6 Å². The van der Waals surface area contributed by atoms with E-state index in [1.807, 2.05) is 30.3 Å². The van der Waals surface area contributed by atoms with Crippen molar-refractivity contribution in [3.05, 3.63) is 215 Å². The Morgan fingerprint density at radius 2 is 0.885 bits per heavy atom. The lowest BCUT2D eigenvalue weighted by Crippen LogP contribution is -2.52. The molecule has 3 aromatic heterocycles. The molecule has 0 fully saturated rings. The highest BCUT2D eigenvalue weighted by Gasteiger charge is 2.61. The molecule has 4 heteroatoms. The van der Waals surface area contributed by atoms with Crippen molar-refractivity contribution in [3.63, 3.8) is 0 Å². The van der Waals surface area contributed by atoms with Crippen LogP contribution in [-0.4, -0.2) is 9.97 Å². The van der Waals surface area contributed by atoms with E-state index in [1.165, 1.54) is 38.9 Å². The summed E-state index contributed by atoms with van der Waals surface area (Å²) in [4.78, 5) is 11.3. The second kappa shape index (κ2) is 9.93. The maximum atomic E-state index is 6.69. The lowest BCUT2D eigenvalue weighted by molar-refractivity contribution is 0.533. The molecule has 0 N–H and O–H groups in total. The Kier molecular flexibility index (Phi) is 5.34. The van der Waals surface area contributed by atoms with Crippen molar-refractivity contribution >= 4 is 44.0 Å². The molecule has 7 aromatic carbocycles. The van der Waals surface area contributed by atoms with Gasteiger partial charge in [-0.1, -0.05) is 152 Å². The Labute approximate surface area is 298 Å². The number of hydrogen-bond donors (Lipinski definition) is 0. The summed E-state index contributed by atoms with van der Waals surface area (Å²) in [5.41, 5.74) is 11.8. The van der Waals surface area contributed by atoms with Gasteiger partial charge in [0, 0.05) is 21.7 Å². The third-order valence-corrected chi connectivity index (χ3v) is 11.6. The molecular formula is C48H28N2O2. The number of aromatic nitrogens is 2. The summed E-state index contributed by atoms with van der Waals surface area (Å²) in [5, 5.41) is 3.98. The highest BCUT2D eigenvalue weighted by Crippen LogP contribution is 2.65. The van der Waals surface area contributed by atoms with E-state index in [1.54, 1.807) is 0 Å². The Morgan fingerprint density at radius 3 is 1.52 bits per heavy atom. The molecule has 0 spiro atoms. The largest absolute Gasteiger partial charge is 0.455 e. The Hall–Kier alpha value is -6.78. The zero-order valence-electron chi connectivity index (χ0n) is 27.9. The highest BCUT2D eigenvalue weighted by atomic mass is 16.3. The van der Waals surface area contributed by atoms with Crippen LogP contribution >= 0.6 is 0 Å².